The van der Waals surface area contributed by atoms with Crippen LogP contribution in [0.25, 0.3) is 0 Å². The Kier molecular flexibility index (Phi) is 5.62. The lowest BCUT2D eigenvalue weighted by molar-refractivity contribution is 0.412. The molecule has 0 spiro atoms. The summed E-state index contributed by atoms with van der Waals surface area (Å²) >= 11 is 1.72. The van der Waals surface area contributed by atoms with Crippen LogP contribution >= 0.6 is 11.3 Å². The van der Waals surface area contributed by atoms with Gasteiger partial charge in [0.15, 0.2) is 5.96 Å². The fourth-order valence-corrected chi connectivity index (χ4v) is 3.56. The van der Waals surface area contributed by atoms with Gasteiger partial charge in [0.2, 0.25) is 0 Å². The average Bonchev–Trinajstić information content (AvgIpc) is 2.88. The van der Waals surface area contributed by atoms with E-state index in [0.717, 1.165) is 11.4 Å². The number of hydrogen-bond acceptors (Lipinski definition) is 3. The molecule has 1 aliphatic rings. The lowest BCUT2D eigenvalue weighted by Crippen LogP contribution is -2.41. The molecule has 1 aromatic rings. The number of nitrogens with one attached hydrogen (secondary N) is 1. The highest BCUT2D eigenvalue weighted by molar-refractivity contribution is 7.09. The van der Waals surface area contributed by atoms with E-state index >= 15 is 0 Å². The number of rotatable bonds is 4. The van der Waals surface area contributed by atoms with Gasteiger partial charge in [-0.1, -0.05) is 40.0 Å². The van der Waals surface area contributed by atoms with Crippen LogP contribution in [0.2, 0.25) is 0 Å². The van der Waals surface area contributed by atoms with Crippen LogP contribution in [0.1, 0.15) is 63.6 Å². The molecule has 0 amide bonds. The minimum absolute atomic E-state index is 0.125. The Morgan fingerprint density at radius 2 is 2.10 bits per heavy atom. The SMILES string of the molecule is CC(C)(C)c1csc(CCN=C(N)NC2CCCCC2)n1. The Bertz CT molecular complexity index is 467. The fourth-order valence-electron chi connectivity index (χ4n) is 2.54. The van der Waals surface area contributed by atoms with Crippen LogP contribution in [-0.4, -0.2) is 23.5 Å². The molecule has 1 heterocycles. The van der Waals surface area contributed by atoms with Crippen molar-refractivity contribution in [3.8, 4) is 0 Å². The molecular weight excluding hydrogens is 280 g/mol. The molecule has 2 rings (SSSR count). The maximum Gasteiger partial charge on any atom is 0.188 e. The quantitative estimate of drug-likeness (QED) is 0.663. The number of hydrogen-bond donors (Lipinski definition) is 2. The monoisotopic (exact) mass is 308 g/mol. The smallest absolute Gasteiger partial charge is 0.188 e. The van der Waals surface area contributed by atoms with E-state index in [2.05, 4.69) is 41.4 Å². The normalized spacial score (nSPS) is 18.0. The average molecular weight is 308 g/mol. The summed E-state index contributed by atoms with van der Waals surface area (Å²) in [6.45, 7) is 7.28. The summed E-state index contributed by atoms with van der Waals surface area (Å²) in [5.41, 5.74) is 7.26. The zero-order chi connectivity index (χ0) is 15.3. The van der Waals surface area contributed by atoms with Crippen molar-refractivity contribution in [2.75, 3.05) is 6.54 Å². The van der Waals surface area contributed by atoms with Crippen molar-refractivity contribution in [1.29, 1.82) is 0 Å². The van der Waals surface area contributed by atoms with Crippen LogP contribution in [0.5, 0.6) is 0 Å². The van der Waals surface area contributed by atoms with Gasteiger partial charge in [-0.05, 0) is 12.8 Å². The van der Waals surface area contributed by atoms with Gasteiger partial charge in [0, 0.05) is 29.8 Å². The van der Waals surface area contributed by atoms with Crippen LogP contribution < -0.4 is 11.1 Å². The molecular formula is C16H28N4S. The van der Waals surface area contributed by atoms with Gasteiger partial charge < -0.3 is 11.1 Å². The molecule has 21 heavy (non-hydrogen) atoms. The topological polar surface area (TPSA) is 63.3 Å². The number of aliphatic imine (C=N–C) groups is 1. The lowest BCUT2D eigenvalue weighted by atomic mass is 9.93. The molecule has 1 aliphatic carbocycles. The van der Waals surface area contributed by atoms with E-state index in [4.69, 9.17) is 5.73 Å². The van der Waals surface area contributed by atoms with Crippen molar-refractivity contribution in [3.05, 3.63) is 16.1 Å². The number of nitrogens with zero attached hydrogens (tertiary/aromatic N) is 2. The van der Waals surface area contributed by atoms with Crippen LogP contribution in [0.15, 0.2) is 10.4 Å². The van der Waals surface area contributed by atoms with Crippen molar-refractivity contribution in [3.63, 3.8) is 0 Å². The summed E-state index contributed by atoms with van der Waals surface area (Å²) in [6, 6.07) is 0.523. The molecule has 1 saturated carbocycles. The second-order valence-corrected chi connectivity index (χ2v) is 7.82. The number of thiazole rings is 1. The third-order valence-electron chi connectivity index (χ3n) is 3.89. The van der Waals surface area contributed by atoms with Crippen LogP contribution in [-0.2, 0) is 11.8 Å². The van der Waals surface area contributed by atoms with E-state index in [1.54, 1.807) is 11.3 Å². The minimum Gasteiger partial charge on any atom is -0.370 e. The molecule has 0 aromatic carbocycles. The Balaban J connectivity index is 1.77. The molecule has 0 bridgehead atoms. The van der Waals surface area contributed by atoms with Crippen molar-refractivity contribution in [2.24, 2.45) is 10.7 Å². The summed E-state index contributed by atoms with van der Waals surface area (Å²) in [5, 5.41) is 6.65. The Morgan fingerprint density at radius 1 is 1.38 bits per heavy atom. The maximum atomic E-state index is 5.97. The van der Waals surface area contributed by atoms with Gasteiger partial charge in [0.25, 0.3) is 0 Å². The van der Waals surface area contributed by atoms with Crippen LogP contribution in [0.3, 0.4) is 0 Å². The summed E-state index contributed by atoms with van der Waals surface area (Å²) in [7, 11) is 0. The number of nitrogens with two attached hydrogens (primary N) is 1. The van der Waals surface area contributed by atoms with Crippen molar-refractivity contribution >= 4 is 17.3 Å². The molecule has 3 N–H and O–H groups in total. The van der Waals surface area contributed by atoms with Crippen molar-refractivity contribution in [2.45, 2.75) is 70.8 Å². The van der Waals surface area contributed by atoms with E-state index in [0.29, 0.717) is 18.5 Å². The molecule has 0 aliphatic heterocycles. The predicted octanol–water partition coefficient (Wildman–Crippen LogP) is 3.22. The Morgan fingerprint density at radius 3 is 2.71 bits per heavy atom. The first-order chi connectivity index (χ1) is 9.95. The summed E-state index contributed by atoms with van der Waals surface area (Å²) in [6.07, 6.45) is 7.28. The molecule has 1 fully saturated rings. The third-order valence-corrected chi connectivity index (χ3v) is 4.79. The molecule has 4 nitrogen and oxygen atoms in total. The van der Waals surface area contributed by atoms with E-state index in [9.17, 15) is 0 Å². The first-order valence-corrected chi connectivity index (χ1v) is 8.84. The van der Waals surface area contributed by atoms with Crippen LogP contribution in [0, 0.1) is 0 Å². The van der Waals surface area contributed by atoms with E-state index in [-0.39, 0.29) is 5.41 Å². The van der Waals surface area contributed by atoms with E-state index in [1.165, 1.54) is 37.8 Å². The standard InChI is InChI=1S/C16H28N4S/c1-16(2,3)13-11-21-14(20-13)9-10-18-15(17)19-12-7-5-4-6-8-12/h11-12H,4-10H2,1-3H3,(H3,17,18,19). The lowest BCUT2D eigenvalue weighted by Gasteiger charge is -2.23. The number of guanidine groups is 1. The highest BCUT2D eigenvalue weighted by atomic mass is 32.1. The molecule has 0 atom stereocenters. The summed E-state index contributed by atoms with van der Waals surface area (Å²) in [4.78, 5) is 9.12. The van der Waals surface area contributed by atoms with Crippen LogP contribution in [0.4, 0.5) is 0 Å². The second kappa shape index (κ2) is 7.25. The Labute approximate surface area is 132 Å². The highest BCUT2D eigenvalue weighted by Gasteiger charge is 2.17. The molecule has 0 saturated heterocycles. The molecule has 5 heteroatoms. The molecule has 118 valence electrons. The van der Waals surface area contributed by atoms with Gasteiger partial charge in [0.05, 0.1) is 10.7 Å². The van der Waals surface area contributed by atoms with Gasteiger partial charge >= 0.3 is 0 Å². The van der Waals surface area contributed by atoms with Gasteiger partial charge in [-0.15, -0.1) is 11.3 Å². The molecule has 0 radical (unpaired) electrons. The summed E-state index contributed by atoms with van der Waals surface area (Å²) < 4.78 is 0. The Hall–Kier alpha value is -1.10. The van der Waals surface area contributed by atoms with Crippen molar-refractivity contribution in [1.82, 2.24) is 10.3 Å². The largest absolute Gasteiger partial charge is 0.370 e. The zero-order valence-corrected chi connectivity index (χ0v) is 14.3. The number of aromatic nitrogens is 1. The highest BCUT2D eigenvalue weighted by Crippen LogP contribution is 2.24. The van der Waals surface area contributed by atoms with Gasteiger partial charge in [-0.2, -0.15) is 0 Å². The fraction of sp³-hybridized carbons (Fsp3) is 0.750. The van der Waals surface area contributed by atoms with Crippen molar-refractivity contribution < 1.29 is 0 Å². The first-order valence-electron chi connectivity index (χ1n) is 7.96. The van der Waals surface area contributed by atoms with E-state index < -0.39 is 0 Å². The predicted molar refractivity (Wildman–Crippen MR) is 91.0 cm³/mol. The van der Waals surface area contributed by atoms with Gasteiger partial charge in [-0.3, -0.25) is 4.99 Å². The molecule has 0 unspecified atom stereocenters. The van der Waals surface area contributed by atoms with E-state index in [1.807, 2.05) is 0 Å². The second-order valence-electron chi connectivity index (χ2n) is 6.87. The first kappa shape index (κ1) is 16.3. The van der Waals surface area contributed by atoms with Gasteiger partial charge in [0.1, 0.15) is 0 Å². The maximum absolute atomic E-state index is 5.97. The zero-order valence-electron chi connectivity index (χ0n) is 13.5. The summed E-state index contributed by atoms with van der Waals surface area (Å²) in [5.74, 6) is 0.592. The minimum atomic E-state index is 0.125. The van der Waals surface area contributed by atoms with Gasteiger partial charge in [-0.25, -0.2) is 4.98 Å². The third kappa shape index (κ3) is 5.30. The molecule has 1 aromatic heterocycles.